The molecule has 1 aromatic rings. The number of nitrogens with two attached hydrogens (primary N) is 1. The summed E-state index contributed by atoms with van der Waals surface area (Å²) in [4.78, 5) is 4.13. The molecule has 0 radical (unpaired) electrons. The molecule has 0 aromatic carbocycles. The van der Waals surface area contributed by atoms with Crippen LogP contribution in [0.2, 0.25) is 0 Å². The van der Waals surface area contributed by atoms with Crippen LogP contribution in [0.4, 0.5) is 0 Å². The van der Waals surface area contributed by atoms with Gasteiger partial charge in [-0.2, -0.15) is 0 Å². The molecular weight excluding hydrogens is 244 g/mol. The molecule has 108 valence electrons. The predicted molar refractivity (Wildman–Crippen MR) is 81.2 cm³/mol. The van der Waals surface area contributed by atoms with Crippen LogP contribution in [0.15, 0.2) is 24.5 Å². The van der Waals surface area contributed by atoms with E-state index in [1.807, 2.05) is 12.4 Å². The number of aromatic nitrogens is 1. The van der Waals surface area contributed by atoms with Crippen molar-refractivity contribution in [1.82, 2.24) is 4.98 Å². The second-order valence-corrected chi connectivity index (χ2v) is 7.65. The Morgan fingerprint density at radius 3 is 2.10 bits per heavy atom. The summed E-state index contributed by atoms with van der Waals surface area (Å²) in [6.07, 6.45) is 11.2. The summed E-state index contributed by atoms with van der Waals surface area (Å²) in [6, 6.07) is 4.61. The van der Waals surface area contributed by atoms with Gasteiger partial charge in [-0.05, 0) is 85.3 Å². The Labute approximate surface area is 122 Å². The molecule has 1 aromatic heterocycles. The van der Waals surface area contributed by atoms with Crippen molar-refractivity contribution >= 4 is 0 Å². The Morgan fingerprint density at radius 1 is 1.00 bits per heavy atom. The van der Waals surface area contributed by atoms with Gasteiger partial charge in [-0.15, -0.1) is 0 Å². The van der Waals surface area contributed by atoms with Gasteiger partial charge in [0.05, 0.1) is 0 Å². The SMILES string of the molecule is CC(c1ccncc1)C(N)C1C2CC3CC(C2)CC1C3. The predicted octanol–water partition coefficient (Wildman–Crippen LogP) is 3.58. The second kappa shape index (κ2) is 4.84. The quantitative estimate of drug-likeness (QED) is 0.911. The van der Waals surface area contributed by atoms with Crippen LogP contribution in [-0.2, 0) is 0 Å². The van der Waals surface area contributed by atoms with Gasteiger partial charge in [-0.3, -0.25) is 4.98 Å². The van der Waals surface area contributed by atoms with Crippen molar-refractivity contribution in [3.63, 3.8) is 0 Å². The van der Waals surface area contributed by atoms with Gasteiger partial charge in [0.2, 0.25) is 0 Å². The molecule has 4 aliphatic carbocycles. The van der Waals surface area contributed by atoms with Crippen molar-refractivity contribution in [3.8, 4) is 0 Å². The lowest BCUT2D eigenvalue weighted by Crippen LogP contribution is -2.53. The summed E-state index contributed by atoms with van der Waals surface area (Å²) in [7, 11) is 0. The highest BCUT2D eigenvalue weighted by molar-refractivity contribution is 5.18. The minimum atomic E-state index is 0.326. The lowest BCUT2D eigenvalue weighted by atomic mass is 9.50. The van der Waals surface area contributed by atoms with Crippen molar-refractivity contribution in [2.45, 2.75) is 51.0 Å². The molecule has 0 saturated heterocycles. The first-order chi connectivity index (χ1) is 9.72. The smallest absolute Gasteiger partial charge is 0.0270 e. The highest BCUT2D eigenvalue weighted by Crippen LogP contribution is 2.58. The number of hydrogen-bond acceptors (Lipinski definition) is 2. The zero-order valence-corrected chi connectivity index (χ0v) is 12.4. The molecule has 5 rings (SSSR count). The summed E-state index contributed by atoms with van der Waals surface area (Å²) in [5, 5.41) is 0. The van der Waals surface area contributed by atoms with E-state index in [2.05, 4.69) is 24.0 Å². The summed E-state index contributed by atoms with van der Waals surface area (Å²) in [5.74, 6) is 5.15. The molecule has 1 heterocycles. The van der Waals surface area contributed by atoms with Crippen molar-refractivity contribution in [3.05, 3.63) is 30.1 Å². The summed E-state index contributed by atoms with van der Waals surface area (Å²) < 4.78 is 0. The molecule has 2 nitrogen and oxygen atoms in total. The van der Waals surface area contributed by atoms with Crippen molar-refractivity contribution in [2.24, 2.45) is 35.3 Å². The van der Waals surface area contributed by atoms with Crippen LogP contribution >= 0.6 is 0 Å². The maximum Gasteiger partial charge on any atom is 0.0270 e. The van der Waals surface area contributed by atoms with Crippen LogP contribution < -0.4 is 5.73 Å². The first-order valence-electron chi connectivity index (χ1n) is 8.38. The minimum Gasteiger partial charge on any atom is -0.327 e. The van der Waals surface area contributed by atoms with E-state index < -0.39 is 0 Å². The van der Waals surface area contributed by atoms with Gasteiger partial charge < -0.3 is 5.73 Å². The van der Waals surface area contributed by atoms with Crippen LogP contribution in [0.3, 0.4) is 0 Å². The largest absolute Gasteiger partial charge is 0.327 e. The Morgan fingerprint density at radius 2 is 1.55 bits per heavy atom. The highest BCUT2D eigenvalue weighted by atomic mass is 14.7. The average Bonchev–Trinajstić information content (AvgIpc) is 2.46. The molecule has 2 unspecified atom stereocenters. The molecule has 0 amide bonds. The third-order valence-electron chi connectivity index (χ3n) is 6.55. The van der Waals surface area contributed by atoms with E-state index in [0.717, 1.165) is 29.6 Å². The van der Waals surface area contributed by atoms with E-state index in [9.17, 15) is 0 Å². The van der Waals surface area contributed by atoms with Gasteiger partial charge in [-0.1, -0.05) is 6.92 Å². The zero-order chi connectivity index (χ0) is 13.7. The topological polar surface area (TPSA) is 38.9 Å². The molecule has 4 aliphatic rings. The fraction of sp³-hybridized carbons (Fsp3) is 0.722. The van der Waals surface area contributed by atoms with Gasteiger partial charge in [0.1, 0.15) is 0 Å². The first kappa shape index (κ1) is 12.8. The van der Waals surface area contributed by atoms with Crippen LogP contribution in [0.1, 0.15) is 50.5 Å². The number of hydrogen-bond donors (Lipinski definition) is 1. The van der Waals surface area contributed by atoms with Gasteiger partial charge in [0.15, 0.2) is 0 Å². The average molecular weight is 270 g/mol. The minimum absolute atomic E-state index is 0.326. The highest BCUT2D eigenvalue weighted by Gasteiger charge is 2.50. The first-order valence-corrected chi connectivity index (χ1v) is 8.38. The maximum atomic E-state index is 6.75. The van der Waals surface area contributed by atoms with E-state index in [1.165, 1.54) is 37.7 Å². The third-order valence-corrected chi connectivity index (χ3v) is 6.55. The normalized spacial score (nSPS) is 41.6. The molecule has 2 heteroatoms. The molecule has 0 aliphatic heterocycles. The van der Waals surface area contributed by atoms with E-state index >= 15 is 0 Å². The van der Waals surface area contributed by atoms with Crippen molar-refractivity contribution in [2.75, 3.05) is 0 Å². The van der Waals surface area contributed by atoms with E-state index in [0.29, 0.717) is 12.0 Å². The van der Waals surface area contributed by atoms with Crippen LogP contribution in [0.5, 0.6) is 0 Å². The van der Waals surface area contributed by atoms with E-state index in [4.69, 9.17) is 5.73 Å². The van der Waals surface area contributed by atoms with Gasteiger partial charge in [-0.25, -0.2) is 0 Å². The van der Waals surface area contributed by atoms with Crippen LogP contribution in [0, 0.1) is 29.6 Å². The van der Waals surface area contributed by atoms with Crippen LogP contribution in [0.25, 0.3) is 0 Å². The zero-order valence-electron chi connectivity index (χ0n) is 12.4. The molecule has 4 saturated carbocycles. The fourth-order valence-electron chi connectivity index (χ4n) is 5.82. The Balaban J connectivity index is 1.55. The summed E-state index contributed by atoms with van der Waals surface area (Å²) in [5.41, 5.74) is 8.12. The maximum absolute atomic E-state index is 6.75. The van der Waals surface area contributed by atoms with Crippen molar-refractivity contribution in [1.29, 1.82) is 0 Å². The van der Waals surface area contributed by atoms with E-state index in [1.54, 1.807) is 0 Å². The van der Waals surface area contributed by atoms with Gasteiger partial charge in [0.25, 0.3) is 0 Å². The van der Waals surface area contributed by atoms with Gasteiger partial charge >= 0.3 is 0 Å². The fourth-order valence-corrected chi connectivity index (χ4v) is 5.82. The number of rotatable bonds is 3. The summed E-state index contributed by atoms with van der Waals surface area (Å²) >= 11 is 0. The van der Waals surface area contributed by atoms with Crippen LogP contribution in [-0.4, -0.2) is 11.0 Å². The molecule has 0 spiro atoms. The number of pyridine rings is 1. The molecule has 20 heavy (non-hydrogen) atoms. The monoisotopic (exact) mass is 270 g/mol. The molecular formula is C18H26N2. The standard InChI is InChI=1S/C18H26N2/c1-11(14-2-4-20-5-3-14)18(19)17-15-7-12-6-13(9-15)10-16(17)8-12/h2-5,11-13,15-18H,6-10,19H2,1H3. The Kier molecular flexibility index (Phi) is 3.10. The number of nitrogens with zero attached hydrogens (tertiary/aromatic N) is 1. The Hall–Kier alpha value is -0.890. The van der Waals surface area contributed by atoms with Gasteiger partial charge in [0, 0.05) is 18.4 Å². The van der Waals surface area contributed by atoms with E-state index in [-0.39, 0.29) is 0 Å². The summed E-state index contributed by atoms with van der Waals surface area (Å²) in [6.45, 7) is 2.31. The molecule has 2 atom stereocenters. The van der Waals surface area contributed by atoms with Crippen molar-refractivity contribution < 1.29 is 0 Å². The lowest BCUT2D eigenvalue weighted by Gasteiger charge is -2.56. The third kappa shape index (κ3) is 2.00. The second-order valence-electron chi connectivity index (χ2n) is 7.65. The Bertz CT molecular complexity index is 442. The molecule has 2 N–H and O–H groups in total. The lowest BCUT2D eigenvalue weighted by molar-refractivity contribution is -0.0493. The molecule has 4 bridgehead atoms. The molecule has 4 fully saturated rings.